The number of ketones is 1. The molecule has 0 fully saturated rings. The van der Waals surface area contributed by atoms with Crippen molar-refractivity contribution >= 4 is 57.7 Å². The molecule has 0 saturated carbocycles. The Labute approximate surface area is 304 Å². The van der Waals surface area contributed by atoms with Crippen molar-refractivity contribution in [3.05, 3.63) is 150 Å². The van der Waals surface area contributed by atoms with Gasteiger partial charge in [0.05, 0.1) is 18.4 Å². The minimum absolute atomic E-state index is 0.0201. The first-order chi connectivity index (χ1) is 25.4. The Kier molecular flexibility index (Phi) is 13.7. The Morgan fingerprint density at radius 1 is 0.750 bits per heavy atom. The highest BCUT2D eigenvalue weighted by Crippen LogP contribution is 2.37. The Hall–Kier alpha value is -6.27. The number of nitrogens with one attached hydrogen (secondary N) is 1. The number of nitrogens with zero attached hydrogens (tertiary/aromatic N) is 2. The molecule has 0 spiro atoms. The number of benzene rings is 5. The van der Waals surface area contributed by atoms with Crippen LogP contribution in [-0.4, -0.2) is 55.9 Å². The van der Waals surface area contributed by atoms with E-state index in [1.165, 1.54) is 42.9 Å². The highest BCUT2D eigenvalue weighted by Gasteiger charge is 2.22. The minimum atomic E-state index is -0.992. The van der Waals surface area contributed by atoms with Crippen LogP contribution in [-0.2, 0) is 25.6 Å². The number of hydrogen-bond acceptors (Lipinski definition) is 11. The van der Waals surface area contributed by atoms with Crippen molar-refractivity contribution in [1.29, 1.82) is 0 Å². The molecule has 5 aromatic rings. The van der Waals surface area contributed by atoms with Gasteiger partial charge in [0.1, 0.15) is 37.3 Å². The van der Waals surface area contributed by atoms with Crippen LogP contribution < -0.4 is 10.1 Å². The van der Waals surface area contributed by atoms with Crippen LogP contribution in [0.25, 0.3) is 10.8 Å². The maximum absolute atomic E-state index is 12.7. The summed E-state index contributed by atoms with van der Waals surface area (Å²) in [5, 5.41) is 14.7. The highest BCUT2D eigenvalue weighted by atomic mass is 32.2. The average molecular weight is 718 g/mol. The number of esters is 2. The van der Waals surface area contributed by atoms with Crippen LogP contribution in [0.2, 0.25) is 0 Å². The van der Waals surface area contributed by atoms with Gasteiger partial charge in [-0.1, -0.05) is 91.0 Å². The van der Waals surface area contributed by atoms with E-state index >= 15 is 0 Å². The summed E-state index contributed by atoms with van der Waals surface area (Å²) in [5.41, 5.74) is 2.69. The molecule has 1 amide bonds. The Balaban J connectivity index is 1.08. The number of alkyl carbamates (subject to hydrolysis) is 1. The van der Waals surface area contributed by atoms with Crippen molar-refractivity contribution in [2.75, 3.05) is 26.1 Å². The molecule has 52 heavy (non-hydrogen) atoms. The second kappa shape index (κ2) is 19.2. The second-order valence-corrected chi connectivity index (χ2v) is 12.0. The van der Waals surface area contributed by atoms with Crippen LogP contribution in [0.3, 0.4) is 0 Å². The van der Waals surface area contributed by atoms with Crippen LogP contribution in [0.4, 0.5) is 16.2 Å². The number of carbonyl (C=O) groups excluding carboxylic acids is 4. The number of allylic oxidation sites excluding steroid dienone is 1. The van der Waals surface area contributed by atoms with E-state index in [0.29, 0.717) is 22.7 Å². The maximum Gasteiger partial charge on any atom is 0.408 e. The SMILES string of the molecule is COC(=O)[C@H](CS/C=C/C(=O)c1ccc(C(=O)OCCOc2ccc3ccccc3c2N=Nc2ccccc2)cc1)NC(=O)OCc1ccccc1. The highest BCUT2D eigenvalue weighted by molar-refractivity contribution is 8.02. The van der Waals surface area contributed by atoms with E-state index in [9.17, 15) is 19.2 Å². The zero-order valence-electron chi connectivity index (χ0n) is 28.2. The van der Waals surface area contributed by atoms with Gasteiger partial charge in [0.15, 0.2) is 5.78 Å². The van der Waals surface area contributed by atoms with Gasteiger partial charge >= 0.3 is 18.0 Å². The molecule has 11 nitrogen and oxygen atoms in total. The third-order valence-electron chi connectivity index (χ3n) is 7.43. The molecule has 5 aromatic carbocycles. The summed E-state index contributed by atoms with van der Waals surface area (Å²) < 4.78 is 21.3. The number of rotatable bonds is 16. The predicted octanol–water partition coefficient (Wildman–Crippen LogP) is 8.39. The number of methoxy groups -OCH3 is 1. The van der Waals surface area contributed by atoms with E-state index in [1.54, 1.807) is 0 Å². The van der Waals surface area contributed by atoms with Gasteiger partial charge in [-0.15, -0.1) is 16.9 Å². The zero-order valence-corrected chi connectivity index (χ0v) is 29.0. The fourth-order valence-electron chi connectivity index (χ4n) is 4.77. The lowest BCUT2D eigenvalue weighted by molar-refractivity contribution is -0.142. The summed E-state index contributed by atoms with van der Waals surface area (Å²) in [6.45, 7) is 0.107. The van der Waals surface area contributed by atoms with E-state index in [-0.39, 0.29) is 36.9 Å². The number of thioether (sulfide) groups is 1. The van der Waals surface area contributed by atoms with E-state index in [2.05, 4.69) is 15.5 Å². The minimum Gasteiger partial charge on any atom is -0.488 e. The lowest BCUT2D eigenvalue weighted by Crippen LogP contribution is -2.43. The second-order valence-electron chi connectivity index (χ2n) is 11.0. The maximum atomic E-state index is 12.7. The van der Waals surface area contributed by atoms with Gasteiger partial charge < -0.3 is 24.3 Å². The van der Waals surface area contributed by atoms with Crippen molar-refractivity contribution in [3.8, 4) is 5.75 Å². The topological polar surface area (TPSA) is 142 Å². The van der Waals surface area contributed by atoms with E-state index < -0.39 is 24.1 Å². The molecule has 1 atom stereocenters. The molecule has 5 rings (SSSR count). The summed E-state index contributed by atoms with van der Waals surface area (Å²) in [6.07, 6.45) is 0.560. The molecule has 12 heteroatoms. The Morgan fingerprint density at radius 2 is 1.44 bits per heavy atom. The van der Waals surface area contributed by atoms with Crippen molar-refractivity contribution in [3.63, 3.8) is 0 Å². The Bertz CT molecular complexity index is 2040. The van der Waals surface area contributed by atoms with E-state index in [1.807, 2.05) is 97.1 Å². The quantitative estimate of drug-likeness (QED) is 0.0266. The third-order valence-corrected chi connectivity index (χ3v) is 8.29. The number of azo groups is 1. The van der Waals surface area contributed by atoms with Crippen molar-refractivity contribution in [1.82, 2.24) is 5.32 Å². The van der Waals surface area contributed by atoms with Crippen LogP contribution in [0, 0.1) is 0 Å². The summed E-state index contributed by atoms with van der Waals surface area (Å²) in [5.74, 6) is -0.935. The third kappa shape index (κ3) is 10.9. The number of ether oxygens (including phenoxy) is 4. The molecular formula is C40H35N3O8S. The molecule has 0 aliphatic heterocycles. The summed E-state index contributed by atoms with van der Waals surface area (Å²) in [4.78, 5) is 49.8. The number of amides is 1. The van der Waals surface area contributed by atoms with Crippen LogP contribution in [0.5, 0.6) is 5.75 Å². The first-order valence-corrected chi connectivity index (χ1v) is 17.2. The van der Waals surface area contributed by atoms with Gasteiger partial charge in [0.2, 0.25) is 0 Å². The van der Waals surface area contributed by atoms with E-state index in [4.69, 9.17) is 18.9 Å². The standard InChI is InChI=1S/C40H35N3O8S/c1-48-39(46)34(41-40(47)51-26-28-10-4-2-5-11-28)27-52-25-22-35(44)30-16-18-31(19-17-30)38(45)50-24-23-49-36-21-20-29-12-8-9-15-33(29)37(36)43-42-32-13-6-3-7-14-32/h2-22,25,34H,23-24,26-27H2,1H3,(H,41,47)/b25-22+,43-42?/t34-/m0/s1. The fourth-order valence-corrected chi connectivity index (χ4v) is 5.52. The largest absolute Gasteiger partial charge is 0.488 e. The van der Waals surface area contributed by atoms with Gasteiger partial charge in [-0.3, -0.25) is 4.79 Å². The van der Waals surface area contributed by atoms with E-state index in [0.717, 1.165) is 28.1 Å². The van der Waals surface area contributed by atoms with Crippen molar-refractivity contribution in [2.24, 2.45) is 10.2 Å². The van der Waals surface area contributed by atoms with Crippen LogP contribution in [0.15, 0.2) is 143 Å². The fraction of sp³-hybridized carbons (Fsp3) is 0.150. The molecule has 1 N–H and O–H groups in total. The molecule has 0 aliphatic rings. The van der Waals surface area contributed by atoms with Gasteiger partial charge in [-0.2, -0.15) is 5.11 Å². The number of carbonyl (C=O) groups is 4. The number of fused-ring (bicyclic) bond motifs is 1. The van der Waals surface area contributed by atoms with Gasteiger partial charge in [0.25, 0.3) is 0 Å². The summed E-state index contributed by atoms with van der Waals surface area (Å²) in [7, 11) is 1.22. The van der Waals surface area contributed by atoms with Crippen LogP contribution >= 0.6 is 11.8 Å². The summed E-state index contributed by atoms with van der Waals surface area (Å²) in [6, 6.07) is 35.1. The molecule has 0 heterocycles. The molecule has 0 radical (unpaired) electrons. The average Bonchev–Trinajstić information content (AvgIpc) is 3.19. The Morgan fingerprint density at radius 3 is 2.19 bits per heavy atom. The lowest BCUT2D eigenvalue weighted by Gasteiger charge is -2.15. The molecule has 0 aromatic heterocycles. The molecule has 264 valence electrons. The monoisotopic (exact) mass is 717 g/mol. The zero-order chi connectivity index (χ0) is 36.5. The molecular weight excluding hydrogens is 683 g/mol. The van der Waals surface area contributed by atoms with Gasteiger partial charge in [-0.05, 0) is 52.8 Å². The normalized spacial score (nSPS) is 11.6. The lowest BCUT2D eigenvalue weighted by atomic mass is 10.1. The first-order valence-electron chi connectivity index (χ1n) is 16.2. The molecule has 0 unspecified atom stereocenters. The smallest absolute Gasteiger partial charge is 0.408 e. The van der Waals surface area contributed by atoms with Gasteiger partial charge in [-0.25, -0.2) is 14.4 Å². The molecule has 0 aliphatic carbocycles. The predicted molar refractivity (Wildman–Crippen MR) is 198 cm³/mol. The first kappa shape index (κ1) is 37.0. The molecule has 0 bridgehead atoms. The van der Waals surface area contributed by atoms with Crippen LogP contribution in [0.1, 0.15) is 26.3 Å². The summed E-state index contributed by atoms with van der Waals surface area (Å²) >= 11 is 1.14. The molecule has 0 saturated heterocycles. The van der Waals surface area contributed by atoms with Gasteiger partial charge in [0, 0.05) is 16.7 Å². The van der Waals surface area contributed by atoms with Crippen molar-refractivity contribution < 1.29 is 38.1 Å². The number of hydrogen-bond donors (Lipinski definition) is 1. The van der Waals surface area contributed by atoms with Crippen molar-refractivity contribution in [2.45, 2.75) is 12.6 Å².